The first kappa shape index (κ1) is 13.1. The first-order valence-corrected chi connectivity index (χ1v) is 8.03. The zero-order valence-corrected chi connectivity index (χ0v) is 12.7. The number of fused-ring (bicyclic) bond motifs is 5. The van der Waals surface area contributed by atoms with Crippen LogP contribution in [0, 0.1) is 5.92 Å². The summed E-state index contributed by atoms with van der Waals surface area (Å²) in [7, 11) is 0. The SMILES string of the molecule is NC(=S)N1N=CC2CSc3c(ccc4ccccc34)C21O. The second kappa shape index (κ2) is 4.43. The number of aliphatic hydroxyl groups is 1. The Morgan fingerprint density at radius 3 is 3.00 bits per heavy atom. The zero-order chi connectivity index (χ0) is 14.6. The highest BCUT2D eigenvalue weighted by atomic mass is 32.2. The summed E-state index contributed by atoms with van der Waals surface area (Å²) in [6.07, 6.45) is 1.74. The van der Waals surface area contributed by atoms with Gasteiger partial charge in [0, 0.05) is 22.4 Å². The van der Waals surface area contributed by atoms with E-state index in [1.54, 1.807) is 18.0 Å². The summed E-state index contributed by atoms with van der Waals surface area (Å²) in [6.45, 7) is 0. The summed E-state index contributed by atoms with van der Waals surface area (Å²) < 4.78 is 0. The van der Waals surface area contributed by atoms with Crippen LogP contribution < -0.4 is 5.73 Å². The van der Waals surface area contributed by atoms with Crippen molar-refractivity contribution in [3.63, 3.8) is 0 Å². The van der Waals surface area contributed by atoms with Gasteiger partial charge >= 0.3 is 0 Å². The molecule has 21 heavy (non-hydrogen) atoms. The Kier molecular flexibility index (Phi) is 2.76. The number of benzene rings is 2. The smallest absolute Gasteiger partial charge is 0.197 e. The third-order valence-electron chi connectivity index (χ3n) is 4.09. The molecule has 0 bridgehead atoms. The fraction of sp³-hybridized carbons (Fsp3) is 0.200. The molecule has 2 unspecified atom stereocenters. The molecular weight excluding hydrogens is 302 g/mol. The predicted molar refractivity (Wildman–Crippen MR) is 89.2 cm³/mol. The quantitative estimate of drug-likeness (QED) is 0.730. The van der Waals surface area contributed by atoms with Gasteiger partial charge in [0.2, 0.25) is 0 Å². The third-order valence-corrected chi connectivity index (χ3v) is 5.52. The molecule has 2 aliphatic heterocycles. The van der Waals surface area contributed by atoms with Crippen LogP contribution in [-0.4, -0.2) is 27.2 Å². The number of thiocarbonyl (C=S) groups is 1. The van der Waals surface area contributed by atoms with E-state index in [2.05, 4.69) is 17.2 Å². The van der Waals surface area contributed by atoms with Gasteiger partial charge in [-0.25, -0.2) is 5.01 Å². The van der Waals surface area contributed by atoms with Crippen LogP contribution >= 0.6 is 24.0 Å². The van der Waals surface area contributed by atoms with Gasteiger partial charge in [-0.3, -0.25) is 0 Å². The lowest BCUT2D eigenvalue weighted by Crippen LogP contribution is -2.51. The molecule has 0 spiro atoms. The van der Waals surface area contributed by atoms with Crippen LogP contribution in [0.3, 0.4) is 0 Å². The van der Waals surface area contributed by atoms with Crippen LogP contribution in [0.2, 0.25) is 0 Å². The van der Waals surface area contributed by atoms with E-state index >= 15 is 0 Å². The lowest BCUT2D eigenvalue weighted by molar-refractivity contribution is -0.0867. The number of rotatable bonds is 0. The van der Waals surface area contributed by atoms with Crippen molar-refractivity contribution < 1.29 is 5.11 Å². The van der Waals surface area contributed by atoms with Gasteiger partial charge in [0.25, 0.3) is 0 Å². The van der Waals surface area contributed by atoms with Crippen molar-refractivity contribution in [2.24, 2.45) is 16.8 Å². The van der Waals surface area contributed by atoms with Crippen molar-refractivity contribution in [3.05, 3.63) is 42.0 Å². The monoisotopic (exact) mass is 315 g/mol. The molecule has 2 aromatic rings. The van der Waals surface area contributed by atoms with Crippen molar-refractivity contribution in [3.8, 4) is 0 Å². The van der Waals surface area contributed by atoms with Gasteiger partial charge in [-0.1, -0.05) is 36.4 Å². The Hall–Kier alpha value is -1.63. The number of thioether (sulfide) groups is 1. The van der Waals surface area contributed by atoms with Crippen LogP contribution in [0.4, 0.5) is 0 Å². The third kappa shape index (κ3) is 1.67. The summed E-state index contributed by atoms with van der Waals surface area (Å²) in [5.74, 6) is 0.637. The van der Waals surface area contributed by atoms with Crippen molar-refractivity contribution in [2.75, 3.05) is 5.75 Å². The molecule has 6 heteroatoms. The molecule has 0 aliphatic carbocycles. The summed E-state index contributed by atoms with van der Waals surface area (Å²) in [4.78, 5) is 1.08. The van der Waals surface area contributed by atoms with Crippen molar-refractivity contribution in [1.29, 1.82) is 0 Å². The Bertz CT molecular complexity index is 792. The van der Waals surface area contributed by atoms with E-state index < -0.39 is 5.72 Å². The molecule has 0 radical (unpaired) electrons. The predicted octanol–water partition coefficient (Wildman–Crippen LogP) is 2.25. The minimum atomic E-state index is -1.27. The molecule has 2 atom stereocenters. The van der Waals surface area contributed by atoms with Crippen LogP contribution in [0.1, 0.15) is 5.56 Å². The highest BCUT2D eigenvalue weighted by Crippen LogP contribution is 2.49. The van der Waals surface area contributed by atoms with Gasteiger partial charge in [-0.2, -0.15) is 5.10 Å². The maximum absolute atomic E-state index is 11.3. The molecule has 0 fully saturated rings. The fourth-order valence-electron chi connectivity index (χ4n) is 3.06. The van der Waals surface area contributed by atoms with E-state index in [4.69, 9.17) is 18.0 Å². The van der Waals surface area contributed by atoms with Crippen LogP contribution in [0.15, 0.2) is 46.4 Å². The topological polar surface area (TPSA) is 61.8 Å². The first-order chi connectivity index (χ1) is 10.1. The van der Waals surface area contributed by atoms with Gasteiger partial charge in [0.15, 0.2) is 10.8 Å². The highest BCUT2D eigenvalue weighted by molar-refractivity contribution is 7.99. The first-order valence-electron chi connectivity index (χ1n) is 6.63. The van der Waals surface area contributed by atoms with Gasteiger partial charge in [-0.05, 0) is 23.0 Å². The molecule has 0 saturated carbocycles. The number of hydrogen-bond donors (Lipinski definition) is 2. The molecule has 106 valence electrons. The van der Waals surface area contributed by atoms with E-state index in [0.29, 0.717) is 0 Å². The summed E-state index contributed by atoms with van der Waals surface area (Å²) in [5.41, 5.74) is 5.30. The second-order valence-corrected chi connectivity index (χ2v) is 6.67. The van der Waals surface area contributed by atoms with E-state index in [1.165, 1.54) is 5.01 Å². The minimum absolute atomic E-state index is 0.0854. The Balaban J connectivity index is 1.99. The molecule has 0 amide bonds. The van der Waals surface area contributed by atoms with Crippen LogP contribution in [0.5, 0.6) is 0 Å². The highest BCUT2D eigenvalue weighted by Gasteiger charge is 2.52. The maximum Gasteiger partial charge on any atom is 0.197 e. The number of hydrazone groups is 1. The summed E-state index contributed by atoms with van der Waals surface area (Å²) in [6, 6.07) is 12.1. The van der Waals surface area contributed by atoms with Crippen molar-refractivity contribution >= 4 is 46.1 Å². The molecule has 2 aliphatic rings. The summed E-state index contributed by atoms with van der Waals surface area (Å²) >= 11 is 6.79. The van der Waals surface area contributed by atoms with Crippen LogP contribution in [-0.2, 0) is 5.72 Å². The zero-order valence-electron chi connectivity index (χ0n) is 11.1. The fourth-order valence-corrected chi connectivity index (χ4v) is 4.62. The van der Waals surface area contributed by atoms with Gasteiger partial charge < -0.3 is 10.8 Å². The molecule has 4 nitrogen and oxygen atoms in total. The average molecular weight is 315 g/mol. The molecule has 0 saturated heterocycles. The van der Waals surface area contributed by atoms with E-state index in [9.17, 15) is 5.11 Å². The lowest BCUT2D eigenvalue weighted by atomic mass is 9.89. The Labute approximate surface area is 131 Å². The Morgan fingerprint density at radius 2 is 2.19 bits per heavy atom. The largest absolute Gasteiger partial charge is 0.375 e. The Morgan fingerprint density at radius 1 is 1.38 bits per heavy atom. The average Bonchev–Trinajstić information content (AvgIpc) is 2.84. The lowest BCUT2D eigenvalue weighted by Gasteiger charge is -2.40. The van der Waals surface area contributed by atoms with Gasteiger partial charge in [0.05, 0.1) is 5.92 Å². The summed E-state index contributed by atoms with van der Waals surface area (Å²) in [5, 5.41) is 19.2. The maximum atomic E-state index is 11.3. The standard InChI is InChI=1S/C15H13N3OS2/c16-14(20)18-15(19)10(7-17-18)8-21-13-11-4-2-1-3-9(11)5-6-12(13)15/h1-7,10,19H,8H2,(H2,16,20). The number of nitrogens with zero attached hydrogens (tertiary/aromatic N) is 2. The number of hydrogen-bond acceptors (Lipinski definition) is 4. The van der Waals surface area contributed by atoms with Crippen molar-refractivity contribution in [2.45, 2.75) is 10.6 Å². The van der Waals surface area contributed by atoms with E-state index in [1.807, 2.05) is 24.3 Å². The molecule has 3 N–H and O–H groups in total. The van der Waals surface area contributed by atoms with Gasteiger partial charge in [0.1, 0.15) is 0 Å². The molecule has 2 aromatic carbocycles. The van der Waals surface area contributed by atoms with Crippen molar-refractivity contribution in [1.82, 2.24) is 5.01 Å². The van der Waals surface area contributed by atoms with Gasteiger partial charge in [-0.15, -0.1) is 11.8 Å². The number of nitrogens with two attached hydrogens (primary N) is 1. The minimum Gasteiger partial charge on any atom is -0.375 e. The second-order valence-electron chi connectivity index (χ2n) is 5.22. The molecule has 0 aromatic heterocycles. The molecule has 2 heterocycles. The van der Waals surface area contributed by atoms with E-state index in [-0.39, 0.29) is 11.0 Å². The normalized spacial score (nSPS) is 26.7. The molecular formula is C15H13N3OS2. The molecule has 4 rings (SSSR count). The van der Waals surface area contributed by atoms with Crippen LogP contribution in [0.25, 0.3) is 10.8 Å². The van der Waals surface area contributed by atoms with E-state index in [0.717, 1.165) is 27.0 Å².